The van der Waals surface area contributed by atoms with E-state index >= 15 is 0 Å². The maximum Gasteiger partial charge on any atom is 0.208 e. The lowest BCUT2D eigenvalue weighted by atomic mass is 9.85. The van der Waals surface area contributed by atoms with Gasteiger partial charge in [0.2, 0.25) is 6.29 Å². The molecule has 5 rings (SSSR count). The summed E-state index contributed by atoms with van der Waals surface area (Å²) in [5.74, 6) is -1.29. The molecule has 0 unspecified atom stereocenters. The molecule has 0 radical (unpaired) electrons. The van der Waals surface area contributed by atoms with Gasteiger partial charge >= 0.3 is 0 Å². The maximum atomic E-state index is 10.4. The smallest absolute Gasteiger partial charge is 0.208 e. The highest BCUT2D eigenvalue weighted by molar-refractivity contribution is 5.25. The molecular formula is C21H32O15. The fourth-order valence-corrected chi connectivity index (χ4v) is 5.64. The third-order valence-corrected chi connectivity index (χ3v) is 7.74. The van der Waals surface area contributed by atoms with Crippen LogP contribution in [0.25, 0.3) is 0 Å². The van der Waals surface area contributed by atoms with Crippen molar-refractivity contribution in [1.29, 1.82) is 0 Å². The highest BCUT2D eigenvalue weighted by atomic mass is 16.8. The first-order valence-electron chi connectivity index (χ1n) is 11.7. The molecule has 0 aromatic carbocycles. The van der Waals surface area contributed by atoms with E-state index in [-0.39, 0.29) is 0 Å². The Morgan fingerprint density at radius 3 is 1.78 bits per heavy atom. The average molecular weight is 524 g/mol. The molecular weight excluding hydrogens is 492 g/mol. The normalized spacial score (nSPS) is 56.1. The number of aliphatic hydroxyl groups is 9. The van der Waals surface area contributed by atoms with E-state index in [1.54, 1.807) is 6.08 Å². The third kappa shape index (κ3) is 4.07. The van der Waals surface area contributed by atoms with E-state index in [0.717, 1.165) is 0 Å². The Bertz CT molecular complexity index is 810. The summed E-state index contributed by atoms with van der Waals surface area (Å²) in [6, 6.07) is 0. The van der Waals surface area contributed by atoms with Crippen molar-refractivity contribution < 1.29 is 74.4 Å². The minimum atomic E-state index is -1.68. The summed E-state index contributed by atoms with van der Waals surface area (Å²) >= 11 is 0. The van der Waals surface area contributed by atoms with Gasteiger partial charge in [0, 0.05) is 5.92 Å². The van der Waals surface area contributed by atoms with Gasteiger partial charge in [0.25, 0.3) is 0 Å². The van der Waals surface area contributed by atoms with Crippen molar-refractivity contribution in [2.45, 2.75) is 85.5 Å². The molecule has 9 N–H and O–H groups in total. The van der Waals surface area contributed by atoms with E-state index in [4.69, 9.17) is 28.4 Å². The lowest BCUT2D eigenvalue weighted by Crippen LogP contribution is -2.61. The van der Waals surface area contributed by atoms with Gasteiger partial charge in [-0.25, -0.2) is 0 Å². The largest absolute Gasteiger partial charge is 0.472 e. The van der Waals surface area contributed by atoms with E-state index in [0.29, 0.717) is 0 Å². The second-order valence-corrected chi connectivity index (χ2v) is 9.72. The predicted molar refractivity (Wildman–Crippen MR) is 109 cm³/mol. The van der Waals surface area contributed by atoms with Crippen molar-refractivity contribution >= 4 is 0 Å². The second-order valence-electron chi connectivity index (χ2n) is 9.72. The van der Waals surface area contributed by atoms with E-state index in [1.807, 2.05) is 0 Å². The van der Waals surface area contributed by atoms with Gasteiger partial charge in [-0.05, 0) is 6.08 Å². The molecule has 0 amide bonds. The van der Waals surface area contributed by atoms with Gasteiger partial charge < -0.3 is 74.4 Å². The Labute approximate surface area is 204 Å². The minimum Gasteiger partial charge on any atom is -0.472 e. The molecule has 0 bridgehead atoms. The molecule has 15 heteroatoms. The topological polar surface area (TPSA) is 241 Å². The third-order valence-electron chi connectivity index (χ3n) is 7.74. The molecule has 3 saturated heterocycles. The predicted octanol–water partition coefficient (Wildman–Crippen LogP) is -5.77. The quantitative estimate of drug-likeness (QED) is 0.141. The van der Waals surface area contributed by atoms with Crippen LogP contribution < -0.4 is 0 Å². The van der Waals surface area contributed by atoms with Crippen LogP contribution in [-0.2, 0) is 28.4 Å². The molecule has 5 aliphatic rings. The van der Waals surface area contributed by atoms with Crippen LogP contribution in [0.2, 0.25) is 0 Å². The molecule has 15 nitrogen and oxygen atoms in total. The zero-order chi connectivity index (χ0) is 25.9. The van der Waals surface area contributed by atoms with Crippen LogP contribution >= 0.6 is 0 Å². The average Bonchev–Trinajstić information content (AvgIpc) is 3.56. The second kappa shape index (κ2) is 9.94. The first kappa shape index (κ1) is 26.6. The lowest BCUT2D eigenvalue weighted by Gasteiger charge is -2.44. The van der Waals surface area contributed by atoms with Crippen LogP contribution in [0.15, 0.2) is 12.3 Å². The number of aliphatic hydroxyl groups excluding tert-OH is 9. The summed E-state index contributed by atoms with van der Waals surface area (Å²) in [4.78, 5) is 0. The fourth-order valence-electron chi connectivity index (χ4n) is 5.64. The Hall–Kier alpha value is -1.02. The van der Waals surface area contributed by atoms with Crippen molar-refractivity contribution in [3.8, 4) is 0 Å². The number of ether oxygens (including phenoxy) is 6. The first-order chi connectivity index (χ1) is 17.2. The van der Waals surface area contributed by atoms with Crippen LogP contribution in [-0.4, -0.2) is 151 Å². The summed E-state index contributed by atoms with van der Waals surface area (Å²) in [5, 5.41) is 89.9. The Kier molecular flexibility index (Phi) is 7.34. The van der Waals surface area contributed by atoms with Crippen LogP contribution in [0.4, 0.5) is 0 Å². The maximum absolute atomic E-state index is 10.4. The highest BCUT2D eigenvalue weighted by Crippen LogP contribution is 2.61. The van der Waals surface area contributed by atoms with Crippen molar-refractivity contribution in [1.82, 2.24) is 0 Å². The van der Waals surface area contributed by atoms with Crippen molar-refractivity contribution in [3.05, 3.63) is 12.3 Å². The van der Waals surface area contributed by atoms with Gasteiger partial charge in [-0.15, -0.1) is 0 Å². The van der Waals surface area contributed by atoms with Gasteiger partial charge in [0.15, 0.2) is 12.6 Å². The van der Waals surface area contributed by atoms with Gasteiger partial charge in [-0.1, -0.05) is 0 Å². The van der Waals surface area contributed by atoms with E-state index in [2.05, 4.69) is 0 Å². The van der Waals surface area contributed by atoms with E-state index in [9.17, 15) is 46.0 Å². The van der Waals surface area contributed by atoms with Gasteiger partial charge in [-0.3, -0.25) is 0 Å². The van der Waals surface area contributed by atoms with Crippen molar-refractivity contribution in [3.63, 3.8) is 0 Å². The summed E-state index contributed by atoms with van der Waals surface area (Å²) in [7, 11) is 0. The van der Waals surface area contributed by atoms with Gasteiger partial charge in [-0.2, -0.15) is 0 Å². The SMILES string of the molecule is OC[C@H]1O[C@@H](O[C@H]2[C@@H]3C=CO[C@@H](O[C@@H]4O[C@H](CO)[C@@H](O)[C@H](O)[C@H]4O)[C@@H]3[C@@]3(CO)O[C@@H]23)[C@H](O)[C@@H](O)[C@H]1O. The first-order valence-corrected chi connectivity index (χ1v) is 11.7. The number of hydrogen-bond acceptors (Lipinski definition) is 15. The highest BCUT2D eigenvalue weighted by Gasteiger charge is 2.77. The van der Waals surface area contributed by atoms with E-state index < -0.39 is 117 Å². The molecule has 4 fully saturated rings. The summed E-state index contributed by atoms with van der Waals surface area (Å²) in [5.41, 5.74) is -1.20. The molecule has 0 aromatic heterocycles. The summed E-state index contributed by atoms with van der Waals surface area (Å²) < 4.78 is 34.0. The monoisotopic (exact) mass is 524 g/mol. The zero-order valence-electron chi connectivity index (χ0n) is 18.9. The molecule has 1 saturated carbocycles. The van der Waals surface area contributed by atoms with Crippen LogP contribution in [0, 0.1) is 11.8 Å². The molecule has 36 heavy (non-hydrogen) atoms. The molecule has 16 atom stereocenters. The number of epoxide rings is 1. The summed E-state index contributed by atoms with van der Waals surface area (Å²) in [6.45, 7) is -1.76. The zero-order valence-corrected chi connectivity index (χ0v) is 18.9. The summed E-state index contributed by atoms with van der Waals surface area (Å²) in [6.07, 6.45) is -14.9. The standard InChI is InChI=1S/C21H32O15/c22-3-7-10(25)12(27)14(29)19(32-7)34-16-6-1-2-31-18(9(6)21(5-24)17(16)36-21)35-20-15(30)13(28)11(26)8(4-23)33-20/h1-2,6-20,22-30H,3-5H2/t6-,7-,8-,9-,10+,11-,12+,13+,14-,15-,16+,17+,18+,19+,20+,21-/m1/s1. The Balaban J connectivity index is 1.34. The van der Waals surface area contributed by atoms with Gasteiger partial charge in [0.05, 0.1) is 38.1 Å². The van der Waals surface area contributed by atoms with E-state index in [1.165, 1.54) is 6.26 Å². The van der Waals surface area contributed by atoms with Crippen LogP contribution in [0.5, 0.6) is 0 Å². The number of fused-ring (bicyclic) bond motifs is 3. The van der Waals surface area contributed by atoms with Crippen LogP contribution in [0.1, 0.15) is 0 Å². The molecule has 0 aromatic rings. The molecule has 1 aliphatic carbocycles. The van der Waals surface area contributed by atoms with Gasteiger partial charge in [0.1, 0.15) is 60.5 Å². The Morgan fingerprint density at radius 1 is 0.694 bits per heavy atom. The minimum absolute atomic E-state index is 0.473. The molecule has 0 spiro atoms. The molecule has 206 valence electrons. The molecule has 4 heterocycles. The number of rotatable bonds is 7. The fraction of sp³-hybridized carbons (Fsp3) is 0.905. The molecule has 4 aliphatic heterocycles. The Morgan fingerprint density at radius 2 is 1.25 bits per heavy atom. The lowest BCUT2D eigenvalue weighted by molar-refractivity contribution is -0.347. The number of hydrogen-bond donors (Lipinski definition) is 9. The van der Waals surface area contributed by atoms with Crippen LogP contribution in [0.3, 0.4) is 0 Å². The van der Waals surface area contributed by atoms with Crippen molar-refractivity contribution in [2.75, 3.05) is 19.8 Å². The van der Waals surface area contributed by atoms with Crippen molar-refractivity contribution in [2.24, 2.45) is 11.8 Å².